The minimum atomic E-state index is -0.177. The van der Waals surface area contributed by atoms with Crippen molar-refractivity contribution in [2.75, 3.05) is 12.3 Å². The number of aromatic nitrogens is 2. The van der Waals surface area contributed by atoms with Crippen LogP contribution in [0.3, 0.4) is 0 Å². The molecule has 1 aromatic carbocycles. The number of anilines is 1. The van der Waals surface area contributed by atoms with E-state index in [1.165, 1.54) is 0 Å². The van der Waals surface area contributed by atoms with Crippen molar-refractivity contribution in [3.63, 3.8) is 0 Å². The molecule has 0 saturated heterocycles. The van der Waals surface area contributed by atoms with Crippen LogP contribution in [0.15, 0.2) is 29.1 Å². The summed E-state index contributed by atoms with van der Waals surface area (Å²) in [6.45, 7) is 4.54. The minimum absolute atomic E-state index is 0.177. The predicted molar refractivity (Wildman–Crippen MR) is 76.0 cm³/mol. The van der Waals surface area contributed by atoms with Gasteiger partial charge in [0.2, 0.25) is 0 Å². The van der Waals surface area contributed by atoms with Crippen LogP contribution in [0.2, 0.25) is 0 Å². The molecule has 102 valence electrons. The molecule has 0 bridgehead atoms. The quantitative estimate of drug-likeness (QED) is 0.911. The number of benzene rings is 1. The molecule has 0 aliphatic carbocycles. The average Bonchev–Trinajstić information content (AvgIpc) is 2.62. The Bertz CT molecular complexity index is 623. The summed E-state index contributed by atoms with van der Waals surface area (Å²) < 4.78 is 8.76. The summed E-state index contributed by atoms with van der Waals surface area (Å²) in [6, 6.07) is 7.40. The van der Waals surface area contributed by atoms with Gasteiger partial charge in [0.05, 0.1) is 18.0 Å². The second kappa shape index (κ2) is 5.22. The predicted octanol–water partition coefficient (Wildman–Crippen LogP) is 1.72. The van der Waals surface area contributed by atoms with Crippen molar-refractivity contribution in [1.29, 1.82) is 0 Å². The zero-order valence-electron chi connectivity index (χ0n) is 11.5. The Balaban J connectivity index is 2.50. The molecule has 2 rings (SSSR count). The van der Waals surface area contributed by atoms with E-state index in [1.54, 1.807) is 9.36 Å². The van der Waals surface area contributed by atoms with E-state index in [1.807, 2.05) is 45.2 Å². The minimum Gasteiger partial charge on any atom is -0.494 e. The second-order valence-electron chi connectivity index (χ2n) is 4.28. The van der Waals surface area contributed by atoms with Crippen LogP contribution in [-0.4, -0.2) is 16.0 Å². The Morgan fingerprint density at radius 1 is 1.21 bits per heavy atom. The van der Waals surface area contributed by atoms with Crippen molar-refractivity contribution in [3.05, 3.63) is 40.3 Å². The maximum atomic E-state index is 12.2. The Labute approximate surface area is 112 Å². The normalized spacial score (nSPS) is 10.7. The molecule has 0 saturated carbocycles. The van der Waals surface area contributed by atoms with Crippen molar-refractivity contribution >= 4 is 5.69 Å². The molecule has 0 aliphatic heterocycles. The van der Waals surface area contributed by atoms with Crippen LogP contribution < -0.4 is 16.0 Å². The van der Waals surface area contributed by atoms with E-state index in [2.05, 4.69) is 0 Å². The molecule has 0 amide bonds. The number of nitrogens with zero attached hydrogens (tertiary/aromatic N) is 2. The first-order valence-corrected chi connectivity index (χ1v) is 6.39. The first-order chi connectivity index (χ1) is 9.10. The summed E-state index contributed by atoms with van der Waals surface area (Å²) in [5.74, 6) is 0.789. The van der Waals surface area contributed by atoms with E-state index in [4.69, 9.17) is 10.5 Å². The molecule has 1 aromatic heterocycles. The van der Waals surface area contributed by atoms with Gasteiger partial charge in [0.1, 0.15) is 11.4 Å². The summed E-state index contributed by atoms with van der Waals surface area (Å²) in [5, 5.41) is 0. The maximum absolute atomic E-state index is 12.2. The van der Waals surface area contributed by atoms with E-state index in [0.717, 1.165) is 23.6 Å². The van der Waals surface area contributed by atoms with Crippen LogP contribution in [0.5, 0.6) is 5.75 Å². The smallest absolute Gasteiger partial charge is 0.294 e. The Morgan fingerprint density at radius 2 is 1.84 bits per heavy atom. The molecule has 0 unspecified atom stereocenters. The lowest BCUT2D eigenvalue weighted by atomic mass is 10.3. The molecule has 0 aliphatic rings. The first kappa shape index (κ1) is 13.3. The van der Waals surface area contributed by atoms with E-state index >= 15 is 0 Å². The molecule has 2 N–H and O–H groups in total. The van der Waals surface area contributed by atoms with Gasteiger partial charge in [-0.05, 0) is 37.6 Å². The zero-order chi connectivity index (χ0) is 14.0. The Morgan fingerprint density at radius 3 is 2.32 bits per heavy atom. The molecule has 0 atom stereocenters. The van der Waals surface area contributed by atoms with Gasteiger partial charge in [0.15, 0.2) is 0 Å². The highest BCUT2D eigenvalue weighted by atomic mass is 16.5. The SMILES string of the molecule is CCOc1ccc(-n2c(=O)c(N)c(CC)n2C)cc1. The number of hydrogen-bond acceptors (Lipinski definition) is 3. The molecule has 0 radical (unpaired) electrons. The fourth-order valence-corrected chi connectivity index (χ4v) is 2.23. The summed E-state index contributed by atoms with van der Waals surface area (Å²) in [7, 11) is 1.84. The monoisotopic (exact) mass is 261 g/mol. The van der Waals surface area contributed by atoms with Gasteiger partial charge < -0.3 is 10.5 Å². The van der Waals surface area contributed by atoms with Gasteiger partial charge in [-0.1, -0.05) is 6.92 Å². The fraction of sp³-hybridized carbons (Fsp3) is 0.357. The maximum Gasteiger partial charge on any atom is 0.294 e. The molecular formula is C14H19N3O2. The summed E-state index contributed by atoms with van der Waals surface area (Å²) in [5.41, 5.74) is 7.62. The molecule has 0 spiro atoms. The highest BCUT2D eigenvalue weighted by Gasteiger charge is 2.14. The fourth-order valence-electron chi connectivity index (χ4n) is 2.23. The third-order valence-corrected chi connectivity index (χ3v) is 3.15. The third-order valence-electron chi connectivity index (χ3n) is 3.15. The van der Waals surface area contributed by atoms with Gasteiger partial charge in [0, 0.05) is 7.05 Å². The van der Waals surface area contributed by atoms with Gasteiger partial charge in [-0.2, -0.15) is 0 Å². The highest BCUT2D eigenvalue weighted by molar-refractivity contribution is 5.46. The first-order valence-electron chi connectivity index (χ1n) is 6.39. The van der Waals surface area contributed by atoms with E-state index in [9.17, 15) is 4.79 Å². The molecule has 19 heavy (non-hydrogen) atoms. The van der Waals surface area contributed by atoms with Crippen LogP contribution in [0, 0.1) is 0 Å². The van der Waals surface area contributed by atoms with Gasteiger partial charge in [0.25, 0.3) is 5.56 Å². The van der Waals surface area contributed by atoms with Crippen molar-refractivity contribution in [2.45, 2.75) is 20.3 Å². The van der Waals surface area contributed by atoms with Gasteiger partial charge in [-0.15, -0.1) is 0 Å². The number of nitrogen functional groups attached to an aromatic ring is 1. The van der Waals surface area contributed by atoms with Gasteiger partial charge in [-0.3, -0.25) is 9.48 Å². The average molecular weight is 261 g/mol. The molecule has 1 heterocycles. The zero-order valence-corrected chi connectivity index (χ0v) is 11.5. The van der Waals surface area contributed by atoms with Crippen LogP contribution >= 0.6 is 0 Å². The molecule has 2 aromatic rings. The number of rotatable bonds is 4. The van der Waals surface area contributed by atoms with Crippen LogP contribution in [0.1, 0.15) is 19.5 Å². The number of hydrogen-bond donors (Lipinski definition) is 1. The lowest BCUT2D eigenvalue weighted by Gasteiger charge is -2.10. The van der Waals surface area contributed by atoms with Crippen LogP contribution in [0.4, 0.5) is 5.69 Å². The summed E-state index contributed by atoms with van der Waals surface area (Å²) in [6.07, 6.45) is 0.724. The van der Waals surface area contributed by atoms with E-state index in [0.29, 0.717) is 12.3 Å². The topological polar surface area (TPSA) is 62.2 Å². The van der Waals surface area contributed by atoms with Gasteiger partial charge in [-0.25, -0.2) is 4.68 Å². The summed E-state index contributed by atoms with van der Waals surface area (Å²) in [4.78, 5) is 12.2. The van der Waals surface area contributed by atoms with E-state index in [-0.39, 0.29) is 5.56 Å². The largest absolute Gasteiger partial charge is 0.494 e. The Kier molecular flexibility index (Phi) is 3.64. The van der Waals surface area contributed by atoms with E-state index < -0.39 is 0 Å². The lowest BCUT2D eigenvalue weighted by molar-refractivity contribution is 0.340. The highest BCUT2D eigenvalue weighted by Crippen LogP contribution is 2.16. The van der Waals surface area contributed by atoms with Crippen molar-refractivity contribution in [3.8, 4) is 11.4 Å². The molecule has 5 nitrogen and oxygen atoms in total. The second-order valence-corrected chi connectivity index (χ2v) is 4.28. The molecular weight excluding hydrogens is 242 g/mol. The van der Waals surface area contributed by atoms with Crippen molar-refractivity contribution in [1.82, 2.24) is 9.36 Å². The van der Waals surface area contributed by atoms with Crippen LogP contribution in [0.25, 0.3) is 5.69 Å². The Hall–Kier alpha value is -2.17. The third kappa shape index (κ3) is 2.23. The van der Waals surface area contributed by atoms with Crippen molar-refractivity contribution in [2.24, 2.45) is 7.05 Å². The molecule has 5 heteroatoms. The number of ether oxygens (including phenoxy) is 1. The molecule has 0 fully saturated rings. The number of nitrogens with two attached hydrogens (primary N) is 1. The van der Waals surface area contributed by atoms with Crippen molar-refractivity contribution < 1.29 is 4.74 Å². The van der Waals surface area contributed by atoms with Gasteiger partial charge >= 0.3 is 0 Å². The standard InChI is InChI=1S/C14H19N3O2/c1-4-12-13(15)14(18)17(16(12)3)10-6-8-11(9-7-10)19-5-2/h6-9H,4-5,15H2,1-3H3. The lowest BCUT2D eigenvalue weighted by Crippen LogP contribution is -2.20. The summed E-state index contributed by atoms with van der Waals surface area (Å²) >= 11 is 0. The van der Waals surface area contributed by atoms with Crippen LogP contribution in [-0.2, 0) is 13.5 Å².